The summed E-state index contributed by atoms with van der Waals surface area (Å²) in [5.41, 5.74) is 2.73. The first-order valence-corrected chi connectivity index (χ1v) is 9.56. The molecule has 0 saturated heterocycles. The predicted octanol–water partition coefficient (Wildman–Crippen LogP) is 3.71. The Kier molecular flexibility index (Phi) is 6.14. The van der Waals surface area contributed by atoms with E-state index in [-0.39, 0.29) is 11.8 Å². The molecular formula is C23H26N2O3. The second-order valence-electron chi connectivity index (χ2n) is 6.91. The second kappa shape index (κ2) is 8.74. The molecule has 0 aliphatic carbocycles. The molecule has 28 heavy (non-hydrogen) atoms. The van der Waals surface area contributed by atoms with Gasteiger partial charge in [-0.05, 0) is 29.7 Å². The lowest BCUT2D eigenvalue weighted by Gasteiger charge is -2.21. The molecule has 1 aliphatic rings. The molecule has 1 heterocycles. The number of rotatable bonds is 8. The largest absolute Gasteiger partial charge is 0.497 e. The van der Waals surface area contributed by atoms with Gasteiger partial charge in [0.15, 0.2) is 0 Å². The fraction of sp³-hybridized carbons (Fsp3) is 0.304. The van der Waals surface area contributed by atoms with Crippen LogP contribution >= 0.6 is 0 Å². The van der Waals surface area contributed by atoms with Crippen LogP contribution in [0, 0.1) is 0 Å². The molecule has 0 spiro atoms. The monoisotopic (exact) mass is 378 g/mol. The Morgan fingerprint density at radius 2 is 1.64 bits per heavy atom. The zero-order chi connectivity index (χ0) is 20.1. The highest BCUT2D eigenvalue weighted by atomic mass is 16.5. The van der Waals surface area contributed by atoms with Crippen LogP contribution in [0.4, 0.5) is 0 Å². The van der Waals surface area contributed by atoms with E-state index in [2.05, 4.69) is 0 Å². The molecule has 0 saturated carbocycles. The summed E-state index contributed by atoms with van der Waals surface area (Å²) >= 11 is 0. The Labute approximate surface area is 166 Å². The van der Waals surface area contributed by atoms with Crippen molar-refractivity contribution >= 4 is 17.4 Å². The number of amides is 2. The first kappa shape index (κ1) is 19.7. The summed E-state index contributed by atoms with van der Waals surface area (Å²) in [5, 5.41) is 0. The quantitative estimate of drug-likeness (QED) is 0.657. The zero-order valence-electron chi connectivity index (χ0n) is 16.6. The molecule has 1 aliphatic heterocycles. The van der Waals surface area contributed by atoms with E-state index in [1.807, 2.05) is 73.5 Å². The van der Waals surface area contributed by atoms with E-state index >= 15 is 0 Å². The molecule has 2 aromatic carbocycles. The fourth-order valence-corrected chi connectivity index (χ4v) is 3.39. The number of benzene rings is 2. The summed E-state index contributed by atoms with van der Waals surface area (Å²) < 4.78 is 5.22. The summed E-state index contributed by atoms with van der Waals surface area (Å²) in [5.74, 6) is 0.268. The predicted molar refractivity (Wildman–Crippen MR) is 109 cm³/mol. The van der Waals surface area contributed by atoms with Crippen LogP contribution in [0.25, 0.3) is 5.57 Å². The number of ether oxygens (including phenoxy) is 1. The van der Waals surface area contributed by atoms with Crippen LogP contribution in [0.1, 0.15) is 30.9 Å². The Morgan fingerprint density at radius 1 is 0.964 bits per heavy atom. The van der Waals surface area contributed by atoms with Gasteiger partial charge in [-0.3, -0.25) is 14.5 Å². The van der Waals surface area contributed by atoms with Crippen LogP contribution < -0.4 is 4.74 Å². The molecule has 0 atom stereocenters. The van der Waals surface area contributed by atoms with Gasteiger partial charge in [-0.2, -0.15) is 0 Å². The van der Waals surface area contributed by atoms with Crippen molar-refractivity contribution < 1.29 is 14.3 Å². The minimum atomic E-state index is -0.224. The van der Waals surface area contributed by atoms with Gasteiger partial charge >= 0.3 is 0 Å². The van der Waals surface area contributed by atoms with Crippen molar-refractivity contribution in [3.8, 4) is 5.75 Å². The van der Waals surface area contributed by atoms with Gasteiger partial charge in [-0.1, -0.05) is 55.8 Å². The minimum Gasteiger partial charge on any atom is -0.497 e. The smallest absolute Gasteiger partial charge is 0.277 e. The Morgan fingerprint density at radius 3 is 2.25 bits per heavy atom. The van der Waals surface area contributed by atoms with Gasteiger partial charge in [0.2, 0.25) is 0 Å². The molecule has 0 N–H and O–H groups in total. The van der Waals surface area contributed by atoms with Gasteiger partial charge in [0, 0.05) is 20.1 Å². The van der Waals surface area contributed by atoms with Crippen LogP contribution in [0.15, 0.2) is 60.3 Å². The van der Waals surface area contributed by atoms with E-state index in [0.717, 1.165) is 24.0 Å². The van der Waals surface area contributed by atoms with Crippen LogP contribution in [0.2, 0.25) is 0 Å². The van der Waals surface area contributed by atoms with Crippen molar-refractivity contribution in [2.45, 2.75) is 26.3 Å². The maximum atomic E-state index is 13.1. The van der Waals surface area contributed by atoms with E-state index in [1.165, 1.54) is 4.90 Å². The maximum Gasteiger partial charge on any atom is 0.277 e. The number of methoxy groups -OCH3 is 1. The first-order chi connectivity index (χ1) is 13.6. The van der Waals surface area contributed by atoms with Gasteiger partial charge in [0.05, 0.1) is 12.7 Å². The number of hydrogen-bond acceptors (Lipinski definition) is 4. The highest BCUT2D eigenvalue weighted by Crippen LogP contribution is 2.32. The molecule has 0 aromatic heterocycles. The molecule has 5 nitrogen and oxygen atoms in total. The van der Waals surface area contributed by atoms with Crippen LogP contribution in [-0.2, 0) is 16.1 Å². The molecule has 0 radical (unpaired) electrons. The summed E-state index contributed by atoms with van der Waals surface area (Å²) in [7, 11) is 3.46. The third-order valence-electron chi connectivity index (χ3n) is 4.90. The molecule has 2 amide bonds. The van der Waals surface area contributed by atoms with Gasteiger partial charge in [-0.25, -0.2) is 0 Å². The number of hydrogen-bond donors (Lipinski definition) is 0. The molecule has 0 bridgehead atoms. The van der Waals surface area contributed by atoms with Gasteiger partial charge < -0.3 is 9.64 Å². The number of nitrogens with zero attached hydrogens (tertiary/aromatic N) is 2. The topological polar surface area (TPSA) is 49.9 Å². The molecular weight excluding hydrogens is 352 g/mol. The van der Waals surface area contributed by atoms with E-state index in [0.29, 0.717) is 30.1 Å². The highest BCUT2D eigenvalue weighted by molar-refractivity contribution is 6.35. The zero-order valence-corrected chi connectivity index (χ0v) is 16.6. The minimum absolute atomic E-state index is 0.220. The fourth-order valence-electron chi connectivity index (χ4n) is 3.39. The van der Waals surface area contributed by atoms with Crippen molar-refractivity contribution in [3.63, 3.8) is 0 Å². The number of carbonyl (C=O) groups is 2. The molecule has 3 rings (SSSR count). The van der Waals surface area contributed by atoms with Crippen LogP contribution in [-0.4, -0.2) is 42.3 Å². The lowest BCUT2D eigenvalue weighted by atomic mass is 10.0. The van der Waals surface area contributed by atoms with E-state index in [1.54, 1.807) is 7.11 Å². The average Bonchev–Trinajstić information content (AvgIpc) is 2.97. The molecule has 146 valence electrons. The van der Waals surface area contributed by atoms with Crippen molar-refractivity contribution in [3.05, 3.63) is 71.4 Å². The van der Waals surface area contributed by atoms with E-state index in [4.69, 9.17) is 4.74 Å². The molecule has 5 heteroatoms. The summed E-state index contributed by atoms with van der Waals surface area (Å²) in [6, 6.07) is 17.2. The van der Waals surface area contributed by atoms with Gasteiger partial charge in [0.1, 0.15) is 11.4 Å². The third-order valence-corrected chi connectivity index (χ3v) is 4.90. The molecule has 2 aromatic rings. The van der Waals surface area contributed by atoms with Gasteiger partial charge in [0.25, 0.3) is 11.8 Å². The highest BCUT2D eigenvalue weighted by Gasteiger charge is 2.40. The third kappa shape index (κ3) is 3.93. The molecule has 0 unspecified atom stereocenters. The normalized spacial score (nSPS) is 14.0. The van der Waals surface area contributed by atoms with Crippen molar-refractivity contribution in [1.29, 1.82) is 0 Å². The lowest BCUT2D eigenvalue weighted by molar-refractivity contribution is -0.137. The maximum absolute atomic E-state index is 13.1. The first-order valence-electron chi connectivity index (χ1n) is 9.56. The van der Waals surface area contributed by atoms with E-state index < -0.39 is 0 Å². The van der Waals surface area contributed by atoms with Gasteiger partial charge in [-0.15, -0.1) is 0 Å². The van der Waals surface area contributed by atoms with Crippen molar-refractivity contribution in [2.24, 2.45) is 0 Å². The summed E-state index contributed by atoms with van der Waals surface area (Å²) in [4.78, 5) is 29.5. The Bertz CT molecular complexity index is 872. The lowest BCUT2D eigenvalue weighted by Crippen LogP contribution is -2.34. The van der Waals surface area contributed by atoms with Crippen molar-refractivity contribution in [2.75, 3.05) is 20.7 Å². The average molecular weight is 378 g/mol. The summed E-state index contributed by atoms with van der Waals surface area (Å²) in [6.07, 6.45) is 1.72. The van der Waals surface area contributed by atoms with E-state index in [9.17, 15) is 9.59 Å². The summed E-state index contributed by atoms with van der Waals surface area (Å²) in [6.45, 7) is 3.04. The standard InChI is InChI=1S/C23H26N2O3/c1-4-5-15-25-22(26)20(18-11-13-19(28-3)14-12-18)21(23(25)27)24(2)16-17-9-7-6-8-10-17/h6-14H,4-5,15-16H2,1-3H3. The van der Waals surface area contributed by atoms with Crippen LogP contribution in [0.5, 0.6) is 5.75 Å². The second-order valence-corrected chi connectivity index (χ2v) is 6.91. The molecule has 0 fully saturated rings. The van der Waals surface area contributed by atoms with Crippen molar-refractivity contribution in [1.82, 2.24) is 9.80 Å². The number of imide groups is 1. The SMILES string of the molecule is CCCCN1C(=O)C(c2ccc(OC)cc2)=C(N(C)Cc2ccccc2)C1=O. The number of likely N-dealkylation sites (N-methyl/N-ethyl adjacent to an activating group) is 1. The number of carbonyl (C=O) groups excluding carboxylic acids is 2. The van der Waals surface area contributed by atoms with Crippen LogP contribution in [0.3, 0.4) is 0 Å². The Hall–Kier alpha value is -3.08. The Balaban J connectivity index is 2.00. The number of unbranched alkanes of at least 4 members (excludes halogenated alkanes) is 1.